The van der Waals surface area contributed by atoms with E-state index in [2.05, 4.69) is 13.0 Å². The van der Waals surface area contributed by atoms with Crippen molar-refractivity contribution in [1.29, 1.82) is 0 Å². The van der Waals surface area contributed by atoms with Gasteiger partial charge in [0.15, 0.2) is 0 Å². The van der Waals surface area contributed by atoms with Gasteiger partial charge >= 0.3 is 5.97 Å². The highest BCUT2D eigenvalue weighted by molar-refractivity contribution is 5.66. The van der Waals surface area contributed by atoms with E-state index in [4.69, 9.17) is 14.6 Å². The van der Waals surface area contributed by atoms with Crippen molar-refractivity contribution in [2.24, 2.45) is 0 Å². The zero-order chi connectivity index (χ0) is 15.4. The Kier molecular flexibility index (Phi) is 5.07. The standard InChI is InChI=1S/C16H23NO4/c1-4-20-14-8-12-7-11(2)21-15(12)9-13(14)10-17(3)6-5-16(18)19/h8-9,11H,4-7,10H2,1-3H3,(H,18,19). The van der Waals surface area contributed by atoms with Crippen LogP contribution >= 0.6 is 0 Å². The Bertz CT molecular complexity index is 515. The molecule has 2 rings (SSSR count). The van der Waals surface area contributed by atoms with Crippen LogP contribution in [0.15, 0.2) is 12.1 Å². The van der Waals surface area contributed by atoms with Gasteiger partial charge in [0.2, 0.25) is 0 Å². The molecule has 0 saturated carbocycles. The largest absolute Gasteiger partial charge is 0.494 e. The molecule has 1 aliphatic heterocycles. The van der Waals surface area contributed by atoms with E-state index in [0.717, 1.165) is 23.5 Å². The molecule has 5 nitrogen and oxygen atoms in total. The summed E-state index contributed by atoms with van der Waals surface area (Å²) in [6.45, 7) is 5.78. The molecule has 0 fully saturated rings. The summed E-state index contributed by atoms with van der Waals surface area (Å²) in [5.41, 5.74) is 2.22. The summed E-state index contributed by atoms with van der Waals surface area (Å²) >= 11 is 0. The molecule has 116 valence electrons. The molecule has 1 aromatic carbocycles. The number of hydrogen-bond acceptors (Lipinski definition) is 4. The van der Waals surface area contributed by atoms with E-state index in [9.17, 15) is 4.79 Å². The normalized spacial score (nSPS) is 16.7. The van der Waals surface area contributed by atoms with E-state index < -0.39 is 5.97 Å². The molecule has 0 spiro atoms. The Morgan fingerprint density at radius 1 is 1.52 bits per heavy atom. The fourth-order valence-corrected chi connectivity index (χ4v) is 2.55. The molecule has 0 aliphatic carbocycles. The number of hydrogen-bond donors (Lipinski definition) is 1. The summed E-state index contributed by atoms with van der Waals surface area (Å²) in [5.74, 6) is 1.02. The van der Waals surface area contributed by atoms with Gasteiger partial charge in [-0.1, -0.05) is 0 Å². The summed E-state index contributed by atoms with van der Waals surface area (Å²) in [4.78, 5) is 12.6. The lowest BCUT2D eigenvalue weighted by atomic mass is 10.1. The average molecular weight is 293 g/mol. The summed E-state index contributed by atoms with van der Waals surface area (Å²) in [6, 6.07) is 4.09. The summed E-state index contributed by atoms with van der Waals surface area (Å²) < 4.78 is 11.5. The molecular weight excluding hydrogens is 270 g/mol. The maximum atomic E-state index is 10.6. The van der Waals surface area contributed by atoms with Gasteiger partial charge < -0.3 is 19.5 Å². The Morgan fingerprint density at radius 2 is 2.29 bits per heavy atom. The van der Waals surface area contributed by atoms with E-state index in [-0.39, 0.29) is 12.5 Å². The fraction of sp³-hybridized carbons (Fsp3) is 0.562. The molecule has 1 atom stereocenters. The molecule has 0 amide bonds. The van der Waals surface area contributed by atoms with Gasteiger partial charge in [-0.25, -0.2) is 0 Å². The Hall–Kier alpha value is -1.75. The van der Waals surface area contributed by atoms with Gasteiger partial charge in [0.05, 0.1) is 13.0 Å². The molecule has 0 radical (unpaired) electrons. The molecule has 1 aromatic rings. The van der Waals surface area contributed by atoms with E-state index in [1.54, 1.807) is 0 Å². The monoisotopic (exact) mass is 293 g/mol. The van der Waals surface area contributed by atoms with Gasteiger partial charge in [-0.2, -0.15) is 0 Å². The average Bonchev–Trinajstić information content (AvgIpc) is 2.76. The van der Waals surface area contributed by atoms with Gasteiger partial charge in [0.1, 0.15) is 17.6 Å². The van der Waals surface area contributed by atoms with Crippen LogP contribution in [0.1, 0.15) is 31.4 Å². The molecule has 21 heavy (non-hydrogen) atoms. The van der Waals surface area contributed by atoms with Gasteiger partial charge in [0, 0.05) is 30.6 Å². The number of carbonyl (C=O) groups is 1. The van der Waals surface area contributed by atoms with Crippen molar-refractivity contribution in [3.63, 3.8) is 0 Å². The number of ether oxygens (including phenoxy) is 2. The second kappa shape index (κ2) is 6.80. The second-order valence-corrected chi connectivity index (χ2v) is 5.51. The van der Waals surface area contributed by atoms with Crippen LogP contribution in [0.4, 0.5) is 0 Å². The minimum Gasteiger partial charge on any atom is -0.494 e. The van der Waals surface area contributed by atoms with Crippen molar-refractivity contribution in [1.82, 2.24) is 4.90 Å². The predicted octanol–water partition coefficient (Wildman–Crippen LogP) is 2.32. The lowest BCUT2D eigenvalue weighted by molar-refractivity contribution is -0.137. The highest BCUT2D eigenvalue weighted by Gasteiger charge is 2.22. The number of benzene rings is 1. The summed E-state index contributed by atoms with van der Waals surface area (Å²) in [5, 5.41) is 8.75. The van der Waals surface area contributed by atoms with Crippen LogP contribution in [0.3, 0.4) is 0 Å². The van der Waals surface area contributed by atoms with E-state index in [0.29, 0.717) is 19.7 Å². The molecule has 1 heterocycles. The third kappa shape index (κ3) is 4.11. The molecule has 1 unspecified atom stereocenters. The van der Waals surface area contributed by atoms with Crippen molar-refractivity contribution in [2.75, 3.05) is 20.2 Å². The third-order valence-corrected chi connectivity index (χ3v) is 3.53. The van der Waals surface area contributed by atoms with Crippen LogP contribution in [0.5, 0.6) is 11.5 Å². The number of aliphatic carboxylic acids is 1. The number of nitrogens with zero attached hydrogens (tertiary/aromatic N) is 1. The highest BCUT2D eigenvalue weighted by Crippen LogP contribution is 2.35. The van der Waals surface area contributed by atoms with Gasteiger partial charge in [-0.3, -0.25) is 4.79 Å². The van der Waals surface area contributed by atoms with Crippen LogP contribution in [0, 0.1) is 0 Å². The number of carboxylic acid groups (broad SMARTS) is 1. The highest BCUT2D eigenvalue weighted by atomic mass is 16.5. The fourth-order valence-electron chi connectivity index (χ4n) is 2.55. The van der Waals surface area contributed by atoms with E-state index in [1.807, 2.05) is 24.9 Å². The number of rotatable bonds is 7. The summed E-state index contributed by atoms with van der Waals surface area (Å²) in [7, 11) is 1.91. The SMILES string of the molecule is CCOc1cc2c(cc1CN(C)CCC(=O)O)OC(C)C2. The molecule has 0 saturated heterocycles. The zero-order valence-corrected chi connectivity index (χ0v) is 12.9. The van der Waals surface area contributed by atoms with Gasteiger partial charge in [-0.15, -0.1) is 0 Å². The Labute approximate surface area is 125 Å². The Morgan fingerprint density at radius 3 is 2.95 bits per heavy atom. The van der Waals surface area contributed by atoms with Gasteiger partial charge in [0.25, 0.3) is 0 Å². The molecule has 0 bridgehead atoms. The lowest BCUT2D eigenvalue weighted by Crippen LogP contribution is -2.21. The minimum atomic E-state index is -0.780. The zero-order valence-electron chi connectivity index (χ0n) is 12.9. The smallest absolute Gasteiger partial charge is 0.304 e. The van der Waals surface area contributed by atoms with Crippen LogP contribution in [0.2, 0.25) is 0 Å². The number of carboxylic acids is 1. The first-order chi connectivity index (χ1) is 9.99. The molecule has 1 aliphatic rings. The molecule has 1 N–H and O–H groups in total. The van der Waals surface area contributed by atoms with Crippen LogP contribution in [0.25, 0.3) is 0 Å². The maximum absolute atomic E-state index is 10.6. The van der Waals surface area contributed by atoms with Crippen molar-refractivity contribution >= 4 is 5.97 Å². The van der Waals surface area contributed by atoms with Crippen LogP contribution < -0.4 is 9.47 Å². The first kappa shape index (κ1) is 15.6. The minimum absolute atomic E-state index is 0.138. The van der Waals surface area contributed by atoms with Crippen molar-refractivity contribution in [2.45, 2.75) is 39.3 Å². The predicted molar refractivity (Wildman–Crippen MR) is 80.0 cm³/mol. The molecule has 0 aromatic heterocycles. The quantitative estimate of drug-likeness (QED) is 0.836. The van der Waals surface area contributed by atoms with Crippen molar-refractivity contribution in [3.8, 4) is 11.5 Å². The topological polar surface area (TPSA) is 59.0 Å². The van der Waals surface area contributed by atoms with Crippen molar-refractivity contribution < 1.29 is 19.4 Å². The third-order valence-electron chi connectivity index (χ3n) is 3.53. The number of fused-ring (bicyclic) bond motifs is 1. The second-order valence-electron chi connectivity index (χ2n) is 5.51. The summed E-state index contributed by atoms with van der Waals surface area (Å²) in [6.07, 6.45) is 1.25. The lowest BCUT2D eigenvalue weighted by Gasteiger charge is -2.19. The van der Waals surface area contributed by atoms with Crippen LogP contribution in [-0.2, 0) is 17.8 Å². The first-order valence-electron chi connectivity index (χ1n) is 7.35. The molecular formula is C16H23NO4. The van der Waals surface area contributed by atoms with E-state index in [1.165, 1.54) is 5.56 Å². The van der Waals surface area contributed by atoms with E-state index >= 15 is 0 Å². The first-order valence-corrected chi connectivity index (χ1v) is 7.35. The van der Waals surface area contributed by atoms with Crippen molar-refractivity contribution in [3.05, 3.63) is 23.3 Å². The Balaban J connectivity index is 2.13. The maximum Gasteiger partial charge on any atom is 0.304 e. The molecule has 5 heteroatoms. The van der Waals surface area contributed by atoms with Gasteiger partial charge in [-0.05, 0) is 33.0 Å². The van der Waals surface area contributed by atoms with Crippen LogP contribution in [-0.4, -0.2) is 42.3 Å².